The van der Waals surface area contributed by atoms with Crippen LogP contribution in [0.25, 0.3) is 11.1 Å². The molecule has 142 valence electrons. The predicted octanol–water partition coefficient (Wildman–Crippen LogP) is 5.82. The number of hydrogen-bond donors (Lipinski definition) is 1. The number of hydrogen-bond acceptors (Lipinski definition) is 2. The molecule has 0 saturated heterocycles. The van der Waals surface area contributed by atoms with E-state index in [9.17, 15) is 0 Å². The van der Waals surface area contributed by atoms with E-state index in [2.05, 4.69) is 129 Å². The van der Waals surface area contributed by atoms with E-state index in [1.807, 2.05) is 0 Å². The zero-order chi connectivity index (χ0) is 20.5. The first-order valence-electron chi connectivity index (χ1n) is 9.34. The summed E-state index contributed by atoms with van der Waals surface area (Å²) in [5, 5.41) is 12.8. The van der Waals surface area contributed by atoms with Crippen LogP contribution in [0.2, 0.25) is 0 Å². The van der Waals surface area contributed by atoms with Gasteiger partial charge in [0.1, 0.15) is 5.40 Å². The second-order valence-corrected chi connectivity index (χ2v) is 8.88. The predicted molar refractivity (Wildman–Crippen MR) is 130 cm³/mol. The molecule has 0 aliphatic carbocycles. The Kier molecular flexibility index (Phi) is 7.65. The van der Waals surface area contributed by atoms with Crippen molar-refractivity contribution in [1.29, 1.82) is 5.26 Å². The molecule has 4 aromatic carbocycles. The van der Waals surface area contributed by atoms with Gasteiger partial charge >= 0.3 is 0 Å². The summed E-state index contributed by atoms with van der Waals surface area (Å²) in [4.78, 5) is 0. The maximum atomic E-state index is 7.18. The summed E-state index contributed by atoms with van der Waals surface area (Å²) in [5.74, 6) is 0. The maximum absolute atomic E-state index is 7.18. The van der Waals surface area contributed by atoms with Gasteiger partial charge in [-0.15, -0.1) is 0 Å². The zero-order valence-corrected chi connectivity index (χ0v) is 18.0. The van der Waals surface area contributed by atoms with Crippen molar-refractivity contribution in [2.24, 2.45) is 0 Å². The lowest BCUT2D eigenvalue weighted by Gasteiger charge is -2.22. The zero-order valence-electron chi connectivity index (χ0n) is 16.2. The molecule has 0 spiro atoms. The first-order valence-corrected chi connectivity index (χ1v) is 11.1. The van der Waals surface area contributed by atoms with Crippen molar-refractivity contribution < 1.29 is 0 Å². The maximum Gasteiger partial charge on any atom is 0.130 e. The summed E-state index contributed by atoms with van der Waals surface area (Å²) in [6, 6.07) is 39.5. The van der Waals surface area contributed by atoms with E-state index in [1.165, 1.54) is 38.0 Å². The fourth-order valence-electron chi connectivity index (χ4n) is 3.23. The number of thiol groups is 1. The van der Waals surface area contributed by atoms with Crippen molar-refractivity contribution in [2.75, 3.05) is 0 Å². The van der Waals surface area contributed by atoms with Crippen LogP contribution in [0.1, 0.15) is 5.56 Å². The molecule has 0 atom stereocenters. The number of rotatable bonds is 4. The van der Waals surface area contributed by atoms with Crippen LogP contribution in [0.3, 0.4) is 0 Å². The van der Waals surface area contributed by atoms with E-state index in [1.54, 1.807) is 0 Å². The number of benzene rings is 4. The Hall–Kier alpha value is -2.85. The molecule has 0 bridgehead atoms. The lowest BCUT2D eigenvalue weighted by atomic mass is 10.0. The number of thiocyanates is 1. The SMILES string of the molecule is Cc1ccc(-c2ccccc2P(c2ccccc2)c2ccccc2)cc1.N#CS. The molecule has 0 saturated carbocycles. The standard InChI is InChI=1S/C25H21P.CHNS/c1-20-16-18-21(19-17-20)24-14-8-9-15-25(24)26(22-10-4-2-5-11-22)23-12-6-3-7-13-23;2-1-3/h2-19H,1H3;3H. The van der Waals surface area contributed by atoms with Gasteiger partial charge in [-0.2, -0.15) is 5.26 Å². The Morgan fingerprint density at radius 2 is 1.10 bits per heavy atom. The van der Waals surface area contributed by atoms with E-state index >= 15 is 0 Å². The molecule has 0 aliphatic rings. The van der Waals surface area contributed by atoms with Gasteiger partial charge in [0.2, 0.25) is 0 Å². The highest BCUT2D eigenvalue weighted by Crippen LogP contribution is 2.36. The highest BCUT2D eigenvalue weighted by atomic mass is 32.1. The topological polar surface area (TPSA) is 23.8 Å². The molecule has 0 heterocycles. The van der Waals surface area contributed by atoms with Crippen LogP contribution in [-0.2, 0) is 0 Å². The Labute approximate surface area is 179 Å². The quantitative estimate of drug-likeness (QED) is 0.255. The Balaban J connectivity index is 0.000000755. The van der Waals surface area contributed by atoms with E-state index in [4.69, 9.17) is 5.26 Å². The smallest absolute Gasteiger partial charge is 0.130 e. The van der Waals surface area contributed by atoms with Gasteiger partial charge in [0.15, 0.2) is 0 Å². The van der Waals surface area contributed by atoms with E-state index in [0.717, 1.165) is 0 Å². The number of nitrogens with zero attached hydrogens (tertiary/aromatic N) is 1. The molecular weight excluding hydrogens is 389 g/mol. The van der Waals surface area contributed by atoms with Crippen LogP contribution in [0.4, 0.5) is 0 Å². The summed E-state index contributed by atoms with van der Waals surface area (Å²) in [7, 11) is -0.598. The van der Waals surface area contributed by atoms with Gasteiger partial charge in [0.25, 0.3) is 0 Å². The monoisotopic (exact) mass is 411 g/mol. The fraction of sp³-hybridized carbons (Fsp3) is 0.0385. The molecule has 4 aromatic rings. The van der Waals surface area contributed by atoms with Crippen molar-refractivity contribution in [1.82, 2.24) is 0 Å². The molecule has 29 heavy (non-hydrogen) atoms. The van der Waals surface area contributed by atoms with Gasteiger partial charge in [0.05, 0.1) is 0 Å². The van der Waals surface area contributed by atoms with Gasteiger partial charge in [-0.1, -0.05) is 127 Å². The van der Waals surface area contributed by atoms with Crippen LogP contribution < -0.4 is 15.9 Å². The van der Waals surface area contributed by atoms with E-state index in [0.29, 0.717) is 0 Å². The average Bonchev–Trinajstić information content (AvgIpc) is 2.77. The average molecular weight is 412 g/mol. The third-order valence-corrected chi connectivity index (χ3v) is 7.04. The van der Waals surface area contributed by atoms with Gasteiger partial charge < -0.3 is 0 Å². The van der Waals surface area contributed by atoms with Crippen LogP contribution in [-0.4, -0.2) is 0 Å². The minimum absolute atomic E-state index is 0.598. The van der Waals surface area contributed by atoms with Crippen molar-refractivity contribution in [2.45, 2.75) is 6.92 Å². The number of aryl methyl sites for hydroxylation is 1. The summed E-state index contributed by atoms with van der Waals surface area (Å²) >= 11 is 3.09. The lowest BCUT2D eigenvalue weighted by Crippen LogP contribution is -2.21. The van der Waals surface area contributed by atoms with Crippen molar-refractivity contribution >= 4 is 36.5 Å². The second-order valence-electron chi connectivity index (χ2n) is 6.49. The first kappa shape index (κ1) is 20.9. The molecule has 0 aromatic heterocycles. The molecule has 0 aliphatic heterocycles. The molecule has 0 amide bonds. The van der Waals surface area contributed by atoms with E-state index in [-0.39, 0.29) is 0 Å². The molecule has 0 unspecified atom stereocenters. The molecule has 1 nitrogen and oxygen atoms in total. The summed E-state index contributed by atoms with van der Waals surface area (Å²) in [5.41, 5.74) is 3.90. The Bertz CT molecular complexity index is 1030. The van der Waals surface area contributed by atoms with Crippen LogP contribution in [0.5, 0.6) is 0 Å². The third-order valence-electron chi connectivity index (χ3n) is 4.54. The summed E-state index contributed by atoms with van der Waals surface area (Å²) in [6.45, 7) is 2.14. The van der Waals surface area contributed by atoms with Crippen molar-refractivity contribution in [3.63, 3.8) is 0 Å². The van der Waals surface area contributed by atoms with E-state index < -0.39 is 7.92 Å². The van der Waals surface area contributed by atoms with Gasteiger partial charge in [-0.3, -0.25) is 0 Å². The largest absolute Gasteiger partial charge is 0.185 e. The van der Waals surface area contributed by atoms with Gasteiger partial charge in [0, 0.05) is 0 Å². The lowest BCUT2D eigenvalue weighted by molar-refractivity contribution is 1.47. The molecule has 4 rings (SSSR count). The van der Waals surface area contributed by atoms with Gasteiger partial charge in [-0.05, 0) is 41.9 Å². The summed E-state index contributed by atoms with van der Waals surface area (Å²) < 4.78 is 0. The Morgan fingerprint density at radius 3 is 1.62 bits per heavy atom. The van der Waals surface area contributed by atoms with Crippen LogP contribution in [0, 0.1) is 17.6 Å². The number of nitriles is 1. The second kappa shape index (κ2) is 10.6. The molecule has 3 heteroatoms. The van der Waals surface area contributed by atoms with Crippen molar-refractivity contribution in [3.8, 4) is 16.5 Å². The van der Waals surface area contributed by atoms with Crippen LogP contribution >= 0.6 is 20.6 Å². The molecular formula is C26H22NPS. The third kappa shape index (κ3) is 5.36. The van der Waals surface area contributed by atoms with Crippen molar-refractivity contribution in [3.05, 3.63) is 115 Å². The minimum Gasteiger partial charge on any atom is -0.185 e. The fourth-order valence-corrected chi connectivity index (χ4v) is 5.70. The first-order chi connectivity index (χ1) is 14.2. The van der Waals surface area contributed by atoms with Crippen LogP contribution in [0.15, 0.2) is 109 Å². The summed E-state index contributed by atoms with van der Waals surface area (Å²) in [6.07, 6.45) is 0. The highest BCUT2D eigenvalue weighted by molar-refractivity contribution is 7.85. The molecule has 0 N–H and O–H groups in total. The highest BCUT2D eigenvalue weighted by Gasteiger charge is 2.19. The van der Waals surface area contributed by atoms with Gasteiger partial charge in [-0.25, -0.2) is 0 Å². The normalized spacial score (nSPS) is 10.0. The molecule has 0 fully saturated rings. The molecule has 0 radical (unpaired) electrons. The Morgan fingerprint density at radius 1 is 0.655 bits per heavy atom. The minimum atomic E-state index is -0.598.